The van der Waals surface area contributed by atoms with Gasteiger partial charge in [-0.1, -0.05) is 12.5 Å². The predicted octanol–water partition coefficient (Wildman–Crippen LogP) is 3.98. The fourth-order valence-corrected chi connectivity index (χ4v) is 5.07. The van der Waals surface area contributed by atoms with Crippen LogP contribution in [0.5, 0.6) is 0 Å². The van der Waals surface area contributed by atoms with E-state index >= 15 is 0 Å². The lowest BCUT2D eigenvalue weighted by Gasteiger charge is -2.47. The number of hydrogen-bond donors (Lipinski definition) is 0. The second-order valence-corrected chi connectivity index (χ2v) is 7.25. The Morgan fingerprint density at radius 1 is 1.30 bits per heavy atom. The minimum atomic E-state index is -0.468. The summed E-state index contributed by atoms with van der Waals surface area (Å²) < 4.78 is 10.9. The molecule has 4 nitrogen and oxygen atoms in total. The van der Waals surface area contributed by atoms with Crippen LogP contribution < -0.4 is 0 Å². The summed E-state index contributed by atoms with van der Waals surface area (Å²) in [6.07, 6.45) is 9.52. The number of rotatable bonds is 2. The second kappa shape index (κ2) is 5.36. The molecule has 2 heterocycles. The Kier molecular flexibility index (Phi) is 3.43. The maximum absolute atomic E-state index is 13.0. The minimum absolute atomic E-state index is 0.0782. The number of furan rings is 1. The first-order valence-corrected chi connectivity index (χ1v) is 8.57. The van der Waals surface area contributed by atoms with Gasteiger partial charge in [-0.25, -0.2) is 0 Å². The molecule has 1 saturated carbocycles. The molecule has 122 valence electrons. The Hall–Kier alpha value is -1.84. The smallest absolute Gasteiger partial charge is 0.313 e. The van der Waals surface area contributed by atoms with E-state index in [1.165, 1.54) is 5.57 Å². The van der Waals surface area contributed by atoms with Crippen molar-refractivity contribution in [3.8, 4) is 0 Å². The van der Waals surface area contributed by atoms with Gasteiger partial charge < -0.3 is 9.15 Å². The molecule has 4 atom stereocenters. The zero-order valence-corrected chi connectivity index (χ0v) is 13.4. The molecule has 0 unspecified atom stereocenters. The second-order valence-electron chi connectivity index (χ2n) is 7.25. The highest BCUT2D eigenvalue weighted by atomic mass is 16.6. The number of fused-ring (bicyclic) bond motifs is 2. The van der Waals surface area contributed by atoms with E-state index in [2.05, 4.69) is 6.92 Å². The van der Waals surface area contributed by atoms with E-state index in [0.29, 0.717) is 6.42 Å². The van der Waals surface area contributed by atoms with E-state index in [1.54, 1.807) is 12.5 Å². The van der Waals surface area contributed by atoms with Crippen LogP contribution in [0, 0.1) is 17.3 Å². The van der Waals surface area contributed by atoms with Crippen LogP contribution in [0.15, 0.2) is 34.2 Å². The molecule has 3 aliphatic rings. The van der Waals surface area contributed by atoms with Crippen molar-refractivity contribution in [1.82, 2.24) is 0 Å². The molecule has 4 heteroatoms. The number of carbonyl (C=O) groups is 2. The average Bonchev–Trinajstić information content (AvgIpc) is 3.20. The summed E-state index contributed by atoms with van der Waals surface area (Å²) in [7, 11) is 0. The highest BCUT2D eigenvalue weighted by molar-refractivity contribution is 5.82. The molecule has 23 heavy (non-hydrogen) atoms. The maximum Gasteiger partial charge on any atom is 0.313 e. The average molecular weight is 314 g/mol. The first-order valence-electron chi connectivity index (χ1n) is 8.57. The van der Waals surface area contributed by atoms with Gasteiger partial charge in [0.2, 0.25) is 0 Å². The minimum Gasteiger partial charge on any atom is -0.472 e. The van der Waals surface area contributed by atoms with Crippen LogP contribution >= 0.6 is 0 Å². The lowest BCUT2D eigenvalue weighted by molar-refractivity contribution is -0.155. The fourth-order valence-electron chi connectivity index (χ4n) is 5.07. The van der Waals surface area contributed by atoms with Crippen LogP contribution in [0.25, 0.3) is 0 Å². The zero-order chi connectivity index (χ0) is 16.0. The van der Waals surface area contributed by atoms with Gasteiger partial charge >= 0.3 is 5.97 Å². The Morgan fingerprint density at radius 3 is 2.91 bits per heavy atom. The third-order valence-corrected chi connectivity index (χ3v) is 6.33. The Morgan fingerprint density at radius 2 is 2.17 bits per heavy atom. The maximum atomic E-state index is 13.0. The van der Waals surface area contributed by atoms with Crippen molar-refractivity contribution >= 4 is 12.3 Å². The van der Waals surface area contributed by atoms with Crippen LogP contribution in [0.3, 0.4) is 0 Å². The van der Waals surface area contributed by atoms with E-state index < -0.39 is 5.41 Å². The van der Waals surface area contributed by atoms with Gasteiger partial charge in [-0.2, -0.15) is 0 Å². The third kappa shape index (κ3) is 2.03. The molecule has 1 saturated heterocycles. The van der Waals surface area contributed by atoms with Gasteiger partial charge in [0, 0.05) is 12.0 Å². The molecule has 0 amide bonds. The van der Waals surface area contributed by atoms with Gasteiger partial charge in [0.05, 0.1) is 17.9 Å². The highest BCUT2D eigenvalue weighted by Gasteiger charge is 2.60. The lowest BCUT2D eigenvalue weighted by Crippen LogP contribution is -2.46. The van der Waals surface area contributed by atoms with Crippen molar-refractivity contribution in [3.05, 3.63) is 35.3 Å². The largest absolute Gasteiger partial charge is 0.472 e. The molecular weight excluding hydrogens is 292 g/mol. The normalized spacial score (nSPS) is 36.9. The van der Waals surface area contributed by atoms with Crippen LogP contribution in [0.1, 0.15) is 57.1 Å². The number of cyclic esters (lactones) is 1. The van der Waals surface area contributed by atoms with Crippen molar-refractivity contribution in [3.63, 3.8) is 0 Å². The van der Waals surface area contributed by atoms with Gasteiger partial charge in [-0.3, -0.25) is 9.59 Å². The van der Waals surface area contributed by atoms with E-state index in [1.807, 2.05) is 6.07 Å². The summed E-state index contributed by atoms with van der Waals surface area (Å²) in [5.74, 6) is 0.377. The molecule has 1 aromatic heterocycles. The zero-order valence-electron chi connectivity index (χ0n) is 13.4. The van der Waals surface area contributed by atoms with Crippen LogP contribution in [-0.2, 0) is 14.3 Å². The van der Waals surface area contributed by atoms with Crippen molar-refractivity contribution in [2.24, 2.45) is 17.3 Å². The molecule has 1 aromatic rings. The SMILES string of the molecule is C[C@@H]1CCC2=C(C=O)CCC[C@@H]2[C@@]12C[C@@H](c1ccoc1)OC2=O. The molecule has 4 rings (SSSR count). The van der Waals surface area contributed by atoms with Crippen molar-refractivity contribution in [1.29, 1.82) is 0 Å². The van der Waals surface area contributed by atoms with Crippen LogP contribution in [0.4, 0.5) is 0 Å². The molecule has 1 spiro atoms. The Bertz CT molecular complexity index is 657. The van der Waals surface area contributed by atoms with Crippen LogP contribution in [0.2, 0.25) is 0 Å². The predicted molar refractivity (Wildman–Crippen MR) is 83.4 cm³/mol. The summed E-state index contributed by atoms with van der Waals surface area (Å²) in [5.41, 5.74) is 2.63. The van der Waals surface area contributed by atoms with Crippen molar-refractivity contribution in [2.45, 2.75) is 51.6 Å². The monoisotopic (exact) mass is 314 g/mol. The number of esters is 1. The van der Waals surface area contributed by atoms with E-state index in [0.717, 1.165) is 49.5 Å². The Labute approximate surface area is 135 Å². The number of ether oxygens (including phenoxy) is 1. The molecule has 2 aliphatic carbocycles. The number of carbonyl (C=O) groups excluding carboxylic acids is 2. The first-order chi connectivity index (χ1) is 11.2. The highest BCUT2D eigenvalue weighted by Crippen LogP contribution is 2.60. The number of allylic oxidation sites excluding steroid dienone is 2. The summed E-state index contributed by atoms with van der Waals surface area (Å²) >= 11 is 0. The molecule has 0 radical (unpaired) electrons. The van der Waals surface area contributed by atoms with Crippen molar-refractivity contribution < 1.29 is 18.7 Å². The number of aldehydes is 1. The van der Waals surface area contributed by atoms with E-state index in [9.17, 15) is 9.59 Å². The first kappa shape index (κ1) is 14.7. The number of hydrogen-bond acceptors (Lipinski definition) is 4. The lowest BCUT2D eigenvalue weighted by atomic mass is 9.54. The van der Waals surface area contributed by atoms with Gasteiger partial charge in [0.1, 0.15) is 12.4 Å². The van der Waals surface area contributed by atoms with Crippen LogP contribution in [-0.4, -0.2) is 12.3 Å². The van der Waals surface area contributed by atoms with Gasteiger partial charge in [0.25, 0.3) is 0 Å². The molecule has 2 fully saturated rings. The quantitative estimate of drug-likeness (QED) is 0.612. The summed E-state index contributed by atoms with van der Waals surface area (Å²) in [5, 5.41) is 0. The summed E-state index contributed by atoms with van der Waals surface area (Å²) in [6.45, 7) is 2.17. The Balaban J connectivity index is 1.75. The van der Waals surface area contributed by atoms with Crippen molar-refractivity contribution in [2.75, 3.05) is 0 Å². The van der Waals surface area contributed by atoms with Gasteiger partial charge in [-0.15, -0.1) is 0 Å². The third-order valence-electron chi connectivity index (χ3n) is 6.33. The van der Waals surface area contributed by atoms with E-state index in [-0.39, 0.29) is 23.9 Å². The molecule has 0 N–H and O–H groups in total. The standard InChI is InChI=1S/C19H22O4/c1-12-5-6-15-13(10-20)3-2-4-16(15)19(12)9-17(23-18(19)21)14-7-8-22-11-14/h7-8,10-12,16-17H,2-6,9H2,1H3/t12-,16+,17+,19-/m1/s1. The van der Waals surface area contributed by atoms with E-state index in [4.69, 9.17) is 9.15 Å². The fraction of sp³-hybridized carbons (Fsp3) is 0.579. The van der Waals surface area contributed by atoms with Gasteiger partial charge in [0.15, 0.2) is 0 Å². The molecule has 0 aromatic carbocycles. The summed E-state index contributed by atoms with van der Waals surface area (Å²) in [4.78, 5) is 24.4. The molecule has 0 bridgehead atoms. The van der Waals surface area contributed by atoms with Gasteiger partial charge in [-0.05, 0) is 55.6 Å². The molecular formula is C19H22O4. The summed E-state index contributed by atoms with van der Waals surface area (Å²) in [6, 6.07) is 1.87. The molecule has 1 aliphatic heterocycles. The topological polar surface area (TPSA) is 56.5 Å².